The van der Waals surface area contributed by atoms with E-state index in [-0.39, 0.29) is 22.0 Å². The third-order valence-electron chi connectivity index (χ3n) is 4.16. The number of nitrogens with zero attached hydrogens (tertiary/aromatic N) is 2. The normalized spacial score (nSPS) is 11.4. The molecule has 0 aliphatic rings. The van der Waals surface area contributed by atoms with Gasteiger partial charge >= 0.3 is 5.97 Å². The standard InChI is InChI=1S/C21H16ClN3O5S/c1-31-20-15(8-5-11-23-20)21(27)30-18(13-6-3-2-4-7-13)19(26)24-14-9-10-16(22)17(12-14)25(28)29/h2-12,18H,1H3,(H,24,26)/t18-/m0/s1. The summed E-state index contributed by atoms with van der Waals surface area (Å²) in [5.41, 5.74) is 0.453. The maximum atomic E-state index is 13.0. The van der Waals surface area contributed by atoms with E-state index in [0.29, 0.717) is 10.6 Å². The van der Waals surface area contributed by atoms with Crippen LogP contribution in [0.4, 0.5) is 11.4 Å². The third kappa shape index (κ3) is 5.39. The molecule has 0 saturated heterocycles. The molecule has 0 spiro atoms. The lowest BCUT2D eigenvalue weighted by Crippen LogP contribution is -2.26. The van der Waals surface area contributed by atoms with Crippen LogP contribution in [0, 0.1) is 10.1 Å². The van der Waals surface area contributed by atoms with Crippen molar-refractivity contribution >= 4 is 46.6 Å². The number of hydrogen-bond acceptors (Lipinski definition) is 7. The molecule has 3 aromatic rings. The second-order valence-corrected chi connectivity index (χ2v) is 7.37. The van der Waals surface area contributed by atoms with Crippen molar-refractivity contribution in [3.05, 3.63) is 93.1 Å². The van der Waals surface area contributed by atoms with Gasteiger partial charge < -0.3 is 10.1 Å². The van der Waals surface area contributed by atoms with Crippen molar-refractivity contribution in [1.29, 1.82) is 0 Å². The number of thioether (sulfide) groups is 1. The minimum absolute atomic E-state index is 0.0600. The van der Waals surface area contributed by atoms with Crippen molar-refractivity contribution in [2.45, 2.75) is 11.1 Å². The zero-order valence-corrected chi connectivity index (χ0v) is 17.7. The number of rotatable bonds is 7. The molecule has 0 bridgehead atoms. The highest BCUT2D eigenvalue weighted by atomic mass is 35.5. The maximum absolute atomic E-state index is 13.0. The highest BCUT2D eigenvalue weighted by molar-refractivity contribution is 7.98. The number of nitro benzene ring substituents is 1. The Hall–Kier alpha value is -3.43. The Bertz CT molecular complexity index is 1130. The van der Waals surface area contributed by atoms with Crippen molar-refractivity contribution in [2.24, 2.45) is 0 Å². The lowest BCUT2D eigenvalue weighted by atomic mass is 10.1. The highest BCUT2D eigenvalue weighted by Crippen LogP contribution is 2.29. The molecule has 1 amide bonds. The molecule has 0 radical (unpaired) electrons. The number of esters is 1. The summed E-state index contributed by atoms with van der Waals surface area (Å²) in [7, 11) is 0. The molecule has 0 aliphatic heterocycles. The minimum atomic E-state index is -1.29. The fourth-order valence-corrected chi connectivity index (χ4v) is 3.44. The zero-order chi connectivity index (χ0) is 22.4. The van der Waals surface area contributed by atoms with Gasteiger partial charge in [0.15, 0.2) is 0 Å². The van der Waals surface area contributed by atoms with E-state index < -0.39 is 22.9 Å². The van der Waals surface area contributed by atoms with Gasteiger partial charge in [0.25, 0.3) is 11.6 Å². The quantitative estimate of drug-likeness (QED) is 0.232. The number of halogens is 1. The second-order valence-electron chi connectivity index (χ2n) is 6.17. The summed E-state index contributed by atoms with van der Waals surface area (Å²) < 4.78 is 5.54. The molecule has 0 aliphatic carbocycles. The molecule has 158 valence electrons. The first kappa shape index (κ1) is 22.3. The van der Waals surface area contributed by atoms with Crippen LogP contribution < -0.4 is 5.32 Å². The fourth-order valence-electron chi connectivity index (χ4n) is 2.72. The average molecular weight is 458 g/mol. The molecule has 3 rings (SSSR count). The molecule has 0 unspecified atom stereocenters. The minimum Gasteiger partial charge on any atom is -0.444 e. The molecule has 0 saturated carbocycles. The summed E-state index contributed by atoms with van der Waals surface area (Å²) in [6.45, 7) is 0. The number of hydrogen-bond donors (Lipinski definition) is 1. The molecule has 1 aromatic heterocycles. The van der Waals surface area contributed by atoms with E-state index in [9.17, 15) is 19.7 Å². The van der Waals surface area contributed by atoms with E-state index in [4.69, 9.17) is 16.3 Å². The predicted molar refractivity (Wildman–Crippen MR) is 117 cm³/mol. The van der Waals surface area contributed by atoms with Crippen molar-refractivity contribution in [2.75, 3.05) is 11.6 Å². The van der Waals surface area contributed by atoms with E-state index in [0.717, 1.165) is 6.07 Å². The lowest BCUT2D eigenvalue weighted by Gasteiger charge is -2.18. The number of aromatic nitrogens is 1. The first-order valence-corrected chi connectivity index (χ1v) is 10.5. The molecule has 2 aromatic carbocycles. The molecule has 8 nitrogen and oxygen atoms in total. The van der Waals surface area contributed by atoms with E-state index >= 15 is 0 Å². The Morgan fingerprint density at radius 3 is 2.58 bits per heavy atom. The van der Waals surface area contributed by atoms with Crippen LogP contribution >= 0.6 is 23.4 Å². The highest BCUT2D eigenvalue weighted by Gasteiger charge is 2.27. The molecule has 1 atom stereocenters. The Balaban J connectivity index is 1.89. The number of carbonyl (C=O) groups is 2. The average Bonchev–Trinajstić information content (AvgIpc) is 2.78. The number of nitrogens with one attached hydrogen (secondary N) is 1. The molecule has 1 heterocycles. The predicted octanol–water partition coefficient (Wildman–Crippen LogP) is 4.90. The Morgan fingerprint density at radius 1 is 1.16 bits per heavy atom. The topological polar surface area (TPSA) is 111 Å². The number of ether oxygens (including phenoxy) is 1. The monoisotopic (exact) mass is 457 g/mol. The smallest absolute Gasteiger partial charge is 0.342 e. The van der Waals surface area contributed by atoms with Crippen molar-refractivity contribution < 1.29 is 19.2 Å². The van der Waals surface area contributed by atoms with Crippen molar-refractivity contribution in [3.63, 3.8) is 0 Å². The van der Waals surface area contributed by atoms with E-state index in [1.807, 2.05) is 0 Å². The summed E-state index contributed by atoms with van der Waals surface area (Å²) >= 11 is 7.09. The van der Waals surface area contributed by atoms with Crippen molar-refractivity contribution in [3.8, 4) is 0 Å². The van der Waals surface area contributed by atoms with Gasteiger partial charge in [0.2, 0.25) is 6.10 Å². The summed E-state index contributed by atoms with van der Waals surface area (Å²) in [6, 6.07) is 15.5. The van der Waals surface area contributed by atoms with Crippen LogP contribution in [0.5, 0.6) is 0 Å². The van der Waals surface area contributed by atoms with Gasteiger partial charge in [0.05, 0.1) is 10.5 Å². The molecule has 1 N–H and O–H groups in total. The van der Waals surface area contributed by atoms with Gasteiger partial charge in [-0.3, -0.25) is 14.9 Å². The van der Waals surface area contributed by atoms with Gasteiger partial charge in [-0.15, -0.1) is 11.8 Å². The molecule has 0 fully saturated rings. The lowest BCUT2D eigenvalue weighted by molar-refractivity contribution is -0.384. The number of nitro groups is 1. The van der Waals surface area contributed by atoms with Crippen LogP contribution in [0.15, 0.2) is 71.9 Å². The van der Waals surface area contributed by atoms with Crippen LogP contribution in [0.2, 0.25) is 5.02 Å². The second kappa shape index (κ2) is 10.1. The first-order valence-electron chi connectivity index (χ1n) is 8.90. The number of anilines is 1. The molecule has 31 heavy (non-hydrogen) atoms. The summed E-state index contributed by atoms with van der Waals surface area (Å²) in [5, 5.41) is 14.1. The largest absolute Gasteiger partial charge is 0.444 e. The van der Waals surface area contributed by atoms with Crippen LogP contribution in [0.25, 0.3) is 0 Å². The Labute approximate surface area is 186 Å². The first-order chi connectivity index (χ1) is 14.9. The number of amides is 1. The Morgan fingerprint density at radius 2 is 1.90 bits per heavy atom. The van der Waals surface area contributed by atoms with Gasteiger partial charge in [-0.25, -0.2) is 9.78 Å². The van der Waals surface area contributed by atoms with Gasteiger partial charge in [-0.05, 0) is 30.5 Å². The van der Waals surface area contributed by atoms with Crippen LogP contribution in [-0.4, -0.2) is 28.0 Å². The fraction of sp³-hybridized carbons (Fsp3) is 0.0952. The van der Waals surface area contributed by atoms with Gasteiger partial charge in [0.1, 0.15) is 10.0 Å². The Kier molecular flexibility index (Phi) is 7.22. The summed E-state index contributed by atoms with van der Waals surface area (Å²) in [6.07, 6.45) is 2.03. The van der Waals surface area contributed by atoms with Gasteiger partial charge in [-0.2, -0.15) is 0 Å². The maximum Gasteiger partial charge on any atom is 0.342 e. The summed E-state index contributed by atoms with van der Waals surface area (Å²) in [4.78, 5) is 40.4. The van der Waals surface area contributed by atoms with Crippen LogP contribution in [0.1, 0.15) is 22.0 Å². The number of benzene rings is 2. The molecular weight excluding hydrogens is 442 g/mol. The number of pyridine rings is 1. The molecule has 10 heteroatoms. The summed E-state index contributed by atoms with van der Waals surface area (Å²) in [5.74, 6) is -1.39. The SMILES string of the molecule is CSc1ncccc1C(=O)O[C@H](C(=O)Nc1ccc(Cl)c([N+](=O)[O-])c1)c1ccccc1. The zero-order valence-electron chi connectivity index (χ0n) is 16.2. The van der Waals surface area contributed by atoms with Crippen molar-refractivity contribution in [1.82, 2.24) is 4.98 Å². The van der Waals surface area contributed by atoms with E-state index in [1.165, 1.54) is 23.9 Å². The van der Waals surface area contributed by atoms with Gasteiger partial charge in [0, 0.05) is 23.5 Å². The van der Waals surface area contributed by atoms with Gasteiger partial charge in [-0.1, -0.05) is 41.9 Å². The molecular formula is C21H16ClN3O5S. The van der Waals surface area contributed by atoms with Crippen LogP contribution in [0.3, 0.4) is 0 Å². The number of carbonyl (C=O) groups excluding carboxylic acids is 2. The van der Waals surface area contributed by atoms with E-state index in [1.54, 1.807) is 54.9 Å². The van der Waals surface area contributed by atoms with E-state index in [2.05, 4.69) is 10.3 Å². The third-order valence-corrected chi connectivity index (χ3v) is 5.19. The van der Waals surface area contributed by atoms with Crippen LogP contribution in [-0.2, 0) is 9.53 Å².